The Morgan fingerprint density at radius 2 is 1.61 bits per heavy atom. The van der Waals surface area contributed by atoms with Crippen molar-refractivity contribution >= 4 is 5.91 Å². The monoisotopic (exact) mass is 387 g/mol. The molecule has 0 saturated carbocycles. The van der Waals surface area contributed by atoms with Crippen LogP contribution in [0.5, 0.6) is 23.0 Å². The first-order chi connectivity index (χ1) is 13.6. The lowest BCUT2D eigenvalue weighted by Gasteiger charge is -2.23. The van der Waals surface area contributed by atoms with Gasteiger partial charge in [0.2, 0.25) is 0 Å². The zero-order valence-electron chi connectivity index (χ0n) is 17.2. The van der Waals surface area contributed by atoms with Crippen molar-refractivity contribution in [2.45, 2.75) is 38.8 Å². The maximum atomic E-state index is 12.8. The SMILES string of the molecule is CC[C@H](Oc1cccc(OC)c1)C(=O)N[C@@H](CC)c1ccc(OC)c(OC)c1. The van der Waals surface area contributed by atoms with Gasteiger partial charge in [-0.1, -0.05) is 26.0 Å². The second-order valence-electron chi connectivity index (χ2n) is 6.28. The molecule has 1 amide bonds. The highest BCUT2D eigenvalue weighted by atomic mass is 16.5. The van der Waals surface area contributed by atoms with Gasteiger partial charge >= 0.3 is 0 Å². The number of rotatable bonds is 10. The van der Waals surface area contributed by atoms with Crippen molar-refractivity contribution in [2.75, 3.05) is 21.3 Å². The van der Waals surface area contributed by atoms with E-state index in [1.165, 1.54) is 0 Å². The summed E-state index contributed by atoms with van der Waals surface area (Å²) in [7, 11) is 4.78. The van der Waals surface area contributed by atoms with Crippen molar-refractivity contribution in [1.29, 1.82) is 0 Å². The third-order valence-electron chi connectivity index (χ3n) is 4.52. The van der Waals surface area contributed by atoms with Gasteiger partial charge in [-0.05, 0) is 42.7 Å². The second kappa shape index (κ2) is 10.4. The van der Waals surface area contributed by atoms with Crippen molar-refractivity contribution in [3.63, 3.8) is 0 Å². The van der Waals surface area contributed by atoms with Crippen LogP contribution in [0.3, 0.4) is 0 Å². The molecule has 0 aromatic heterocycles. The number of carbonyl (C=O) groups excluding carboxylic acids is 1. The Balaban J connectivity index is 2.12. The quantitative estimate of drug-likeness (QED) is 0.664. The van der Waals surface area contributed by atoms with Crippen molar-refractivity contribution in [3.05, 3.63) is 48.0 Å². The van der Waals surface area contributed by atoms with Gasteiger partial charge in [0.05, 0.1) is 27.4 Å². The van der Waals surface area contributed by atoms with Crippen molar-refractivity contribution in [3.8, 4) is 23.0 Å². The van der Waals surface area contributed by atoms with Crippen LogP contribution in [0.1, 0.15) is 38.3 Å². The zero-order valence-corrected chi connectivity index (χ0v) is 17.2. The number of carbonyl (C=O) groups is 1. The van der Waals surface area contributed by atoms with Crippen LogP contribution < -0.4 is 24.3 Å². The van der Waals surface area contributed by atoms with Crippen LogP contribution in [0.15, 0.2) is 42.5 Å². The van der Waals surface area contributed by atoms with E-state index in [1.54, 1.807) is 27.4 Å². The summed E-state index contributed by atoms with van der Waals surface area (Å²) in [6.07, 6.45) is 0.684. The topological polar surface area (TPSA) is 66.0 Å². The zero-order chi connectivity index (χ0) is 20.5. The van der Waals surface area contributed by atoms with Crippen LogP contribution in [-0.2, 0) is 4.79 Å². The van der Waals surface area contributed by atoms with E-state index in [0.717, 1.165) is 12.0 Å². The predicted molar refractivity (Wildman–Crippen MR) is 108 cm³/mol. The fraction of sp³-hybridized carbons (Fsp3) is 0.409. The molecule has 1 N–H and O–H groups in total. The first kappa shape index (κ1) is 21.4. The van der Waals surface area contributed by atoms with E-state index in [1.807, 2.05) is 50.2 Å². The van der Waals surface area contributed by atoms with Gasteiger partial charge in [-0.3, -0.25) is 4.79 Å². The van der Waals surface area contributed by atoms with Gasteiger partial charge in [-0.2, -0.15) is 0 Å². The molecule has 0 unspecified atom stereocenters. The Kier molecular flexibility index (Phi) is 7.99. The Hall–Kier alpha value is -2.89. The first-order valence-electron chi connectivity index (χ1n) is 9.39. The third kappa shape index (κ3) is 5.31. The molecule has 0 aliphatic carbocycles. The van der Waals surface area contributed by atoms with Gasteiger partial charge in [0.25, 0.3) is 5.91 Å². The molecule has 0 bridgehead atoms. The number of hydrogen-bond acceptors (Lipinski definition) is 5. The van der Waals surface area contributed by atoms with Crippen LogP contribution in [0, 0.1) is 0 Å². The summed E-state index contributed by atoms with van der Waals surface area (Å²) in [5, 5.41) is 3.08. The van der Waals surface area contributed by atoms with Crippen LogP contribution in [0.2, 0.25) is 0 Å². The lowest BCUT2D eigenvalue weighted by molar-refractivity contribution is -0.129. The van der Waals surface area contributed by atoms with Gasteiger partial charge in [0, 0.05) is 6.07 Å². The average Bonchev–Trinajstić information content (AvgIpc) is 2.75. The normalized spacial score (nSPS) is 12.6. The number of ether oxygens (including phenoxy) is 4. The van der Waals surface area contributed by atoms with E-state index in [0.29, 0.717) is 29.4 Å². The summed E-state index contributed by atoms with van der Waals surface area (Å²) in [4.78, 5) is 12.8. The number of amides is 1. The molecule has 0 spiro atoms. The molecule has 0 aliphatic heterocycles. The lowest BCUT2D eigenvalue weighted by atomic mass is 10.0. The number of benzene rings is 2. The molecule has 6 heteroatoms. The Morgan fingerprint density at radius 3 is 2.21 bits per heavy atom. The molecular formula is C22H29NO5. The summed E-state index contributed by atoms with van der Waals surface area (Å²) in [6, 6.07) is 12.7. The molecule has 152 valence electrons. The third-order valence-corrected chi connectivity index (χ3v) is 4.52. The number of methoxy groups -OCH3 is 3. The smallest absolute Gasteiger partial charge is 0.261 e. The summed E-state index contributed by atoms with van der Waals surface area (Å²) in [5.74, 6) is 2.41. The molecule has 0 radical (unpaired) electrons. The van der Waals surface area contributed by atoms with Crippen molar-refractivity contribution in [2.24, 2.45) is 0 Å². The highest BCUT2D eigenvalue weighted by molar-refractivity contribution is 5.81. The maximum absolute atomic E-state index is 12.8. The molecule has 2 aromatic carbocycles. The van der Waals surface area contributed by atoms with E-state index < -0.39 is 6.10 Å². The highest BCUT2D eigenvalue weighted by Gasteiger charge is 2.23. The van der Waals surface area contributed by atoms with Crippen LogP contribution >= 0.6 is 0 Å². The van der Waals surface area contributed by atoms with E-state index >= 15 is 0 Å². The minimum absolute atomic E-state index is 0.157. The molecule has 28 heavy (non-hydrogen) atoms. The molecule has 0 aliphatic rings. The van der Waals surface area contributed by atoms with Crippen LogP contribution in [-0.4, -0.2) is 33.3 Å². The van der Waals surface area contributed by atoms with Gasteiger partial charge in [-0.15, -0.1) is 0 Å². The molecule has 0 fully saturated rings. The fourth-order valence-corrected chi connectivity index (χ4v) is 2.92. The maximum Gasteiger partial charge on any atom is 0.261 e. The Morgan fingerprint density at radius 1 is 0.893 bits per heavy atom. The molecule has 2 atom stereocenters. The van der Waals surface area contributed by atoms with Gasteiger partial charge in [0.15, 0.2) is 17.6 Å². The molecular weight excluding hydrogens is 358 g/mol. The van der Waals surface area contributed by atoms with E-state index in [9.17, 15) is 4.79 Å². The van der Waals surface area contributed by atoms with Crippen molar-refractivity contribution < 1.29 is 23.7 Å². The molecule has 0 heterocycles. The van der Waals surface area contributed by atoms with Gasteiger partial charge in [0.1, 0.15) is 11.5 Å². The summed E-state index contributed by atoms with van der Waals surface area (Å²) in [5.41, 5.74) is 0.949. The van der Waals surface area contributed by atoms with Crippen LogP contribution in [0.4, 0.5) is 0 Å². The van der Waals surface area contributed by atoms with Crippen LogP contribution in [0.25, 0.3) is 0 Å². The minimum Gasteiger partial charge on any atom is -0.497 e. The Bertz CT molecular complexity index is 777. The van der Waals surface area contributed by atoms with E-state index in [-0.39, 0.29) is 11.9 Å². The van der Waals surface area contributed by atoms with Crippen molar-refractivity contribution in [1.82, 2.24) is 5.32 Å². The largest absolute Gasteiger partial charge is 0.497 e. The minimum atomic E-state index is -0.596. The fourth-order valence-electron chi connectivity index (χ4n) is 2.92. The van der Waals surface area contributed by atoms with E-state index in [4.69, 9.17) is 18.9 Å². The molecule has 2 rings (SSSR count). The Labute approximate surface area is 166 Å². The van der Waals surface area contributed by atoms with E-state index in [2.05, 4.69) is 5.32 Å². The van der Waals surface area contributed by atoms with Gasteiger partial charge < -0.3 is 24.3 Å². The second-order valence-corrected chi connectivity index (χ2v) is 6.28. The summed E-state index contributed by atoms with van der Waals surface area (Å²) < 4.78 is 21.8. The first-order valence-corrected chi connectivity index (χ1v) is 9.39. The highest BCUT2D eigenvalue weighted by Crippen LogP contribution is 2.31. The predicted octanol–water partition coefficient (Wildman–Crippen LogP) is 4.14. The molecule has 2 aromatic rings. The average molecular weight is 387 g/mol. The standard InChI is InChI=1S/C22H29NO5/c1-6-18(15-11-12-20(26-4)21(13-15)27-5)23-22(24)19(7-2)28-17-10-8-9-16(14-17)25-3/h8-14,18-19H,6-7H2,1-5H3,(H,23,24)/t18-,19-/m0/s1. The number of hydrogen-bond donors (Lipinski definition) is 1. The summed E-state index contributed by atoms with van der Waals surface area (Å²) >= 11 is 0. The molecule has 0 saturated heterocycles. The van der Waals surface area contributed by atoms with Gasteiger partial charge in [-0.25, -0.2) is 0 Å². The lowest BCUT2D eigenvalue weighted by Crippen LogP contribution is -2.39. The number of nitrogens with one attached hydrogen (secondary N) is 1. The summed E-state index contributed by atoms with van der Waals surface area (Å²) in [6.45, 7) is 3.94. The molecule has 6 nitrogen and oxygen atoms in total.